The molecule has 0 aromatic rings. The number of Topliss-reactive ketones (excluding diaryl/α,β-unsaturated/α-hetero) is 1. The van der Waals surface area contributed by atoms with Gasteiger partial charge in [-0.3, -0.25) is 0 Å². The number of carbonyl (C=O) groups is 1. The molecular formula is C19H40NaO+. The Morgan fingerprint density at radius 1 is 0.619 bits per heavy atom. The second kappa shape index (κ2) is 25.6. The fourth-order valence-electron chi connectivity index (χ4n) is 2.39. The zero-order chi connectivity index (χ0) is 15.5. The first-order valence-corrected chi connectivity index (χ1v) is 9.26. The summed E-state index contributed by atoms with van der Waals surface area (Å²) in [5, 5.41) is 0. The van der Waals surface area contributed by atoms with Crippen LogP contribution < -0.4 is 29.6 Å². The molecule has 0 spiro atoms. The summed E-state index contributed by atoms with van der Waals surface area (Å²) in [6.45, 7) is 7.97. The molecule has 21 heavy (non-hydrogen) atoms. The molecule has 0 aliphatic heterocycles. The van der Waals surface area contributed by atoms with Gasteiger partial charge in [-0.05, 0) is 13.3 Å². The van der Waals surface area contributed by atoms with E-state index in [1.165, 1.54) is 77.0 Å². The van der Waals surface area contributed by atoms with E-state index in [9.17, 15) is 4.79 Å². The second-order valence-corrected chi connectivity index (χ2v) is 5.69. The smallest absolute Gasteiger partial charge is 0.300 e. The van der Waals surface area contributed by atoms with Crippen molar-refractivity contribution < 1.29 is 34.4 Å². The summed E-state index contributed by atoms with van der Waals surface area (Å²) in [6.07, 6.45) is 18.6. The number of rotatable bonds is 14. The van der Waals surface area contributed by atoms with E-state index < -0.39 is 0 Å². The third kappa shape index (κ3) is 29.3. The fraction of sp³-hybridized carbons (Fsp3) is 0.947. The number of hydrogen-bond acceptors (Lipinski definition) is 1. The van der Waals surface area contributed by atoms with Gasteiger partial charge >= 0.3 is 29.6 Å². The molecule has 0 saturated carbocycles. The van der Waals surface area contributed by atoms with Crippen molar-refractivity contribution in [2.24, 2.45) is 0 Å². The number of ketones is 1. The Morgan fingerprint density at radius 3 is 1.19 bits per heavy atom. The Morgan fingerprint density at radius 2 is 0.905 bits per heavy atom. The van der Waals surface area contributed by atoms with E-state index in [4.69, 9.17) is 0 Å². The van der Waals surface area contributed by atoms with Gasteiger partial charge in [0, 0.05) is 6.42 Å². The third-order valence-corrected chi connectivity index (χ3v) is 3.63. The zero-order valence-electron chi connectivity index (χ0n) is 15.8. The average Bonchev–Trinajstić information content (AvgIpc) is 2.46. The molecule has 0 heterocycles. The normalized spacial score (nSPS) is 9.52. The number of unbranched alkanes of at least 4 members (excludes halogenated alkanes) is 12. The maximum Gasteiger partial charge on any atom is 1.00 e. The summed E-state index contributed by atoms with van der Waals surface area (Å²) < 4.78 is 0. The van der Waals surface area contributed by atoms with Crippen molar-refractivity contribution in [2.75, 3.05) is 0 Å². The van der Waals surface area contributed by atoms with E-state index in [1.807, 2.05) is 13.8 Å². The van der Waals surface area contributed by atoms with Crippen molar-refractivity contribution in [3.05, 3.63) is 0 Å². The van der Waals surface area contributed by atoms with E-state index in [1.54, 1.807) is 6.92 Å². The van der Waals surface area contributed by atoms with E-state index in [2.05, 4.69) is 6.92 Å². The first-order valence-electron chi connectivity index (χ1n) is 9.26. The van der Waals surface area contributed by atoms with Crippen molar-refractivity contribution in [2.45, 2.75) is 118 Å². The summed E-state index contributed by atoms with van der Waals surface area (Å²) in [7, 11) is 0. The Bertz CT molecular complexity index is 180. The van der Waals surface area contributed by atoms with Crippen LogP contribution in [0.25, 0.3) is 0 Å². The molecule has 0 aromatic heterocycles. The largest absolute Gasteiger partial charge is 1.00 e. The van der Waals surface area contributed by atoms with Gasteiger partial charge in [0.05, 0.1) is 0 Å². The van der Waals surface area contributed by atoms with Gasteiger partial charge in [0.2, 0.25) is 0 Å². The van der Waals surface area contributed by atoms with Gasteiger partial charge in [0.25, 0.3) is 0 Å². The van der Waals surface area contributed by atoms with E-state index in [0.717, 1.165) is 12.8 Å². The van der Waals surface area contributed by atoms with Crippen LogP contribution in [0.2, 0.25) is 0 Å². The zero-order valence-corrected chi connectivity index (χ0v) is 17.8. The molecule has 0 amide bonds. The van der Waals surface area contributed by atoms with Crippen molar-refractivity contribution in [1.29, 1.82) is 0 Å². The number of hydrogen-bond donors (Lipinski definition) is 0. The topological polar surface area (TPSA) is 17.1 Å². The average molecular weight is 308 g/mol. The molecule has 2 heteroatoms. The summed E-state index contributed by atoms with van der Waals surface area (Å²) in [5.74, 6) is 0.345. The summed E-state index contributed by atoms with van der Waals surface area (Å²) >= 11 is 0. The molecule has 0 fully saturated rings. The van der Waals surface area contributed by atoms with Crippen LogP contribution in [0.1, 0.15) is 118 Å². The van der Waals surface area contributed by atoms with Gasteiger partial charge in [-0.15, -0.1) is 0 Å². The minimum Gasteiger partial charge on any atom is -0.300 e. The Kier molecular flexibility index (Phi) is 32.4. The molecule has 0 aromatic carbocycles. The van der Waals surface area contributed by atoms with Gasteiger partial charge in [0.15, 0.2) is 0 Å². The molecule has 0 radical (unpaired) electrons. The van der Waals surface area contributed by atoms with Crippen LogP contribution in [0, 0.1) is 0 Å². The maximum atomic E-state index is 10.7. The summed E-state index contributed by atoms with van der Waals surface area (Å²) in [4.78, 5) is 10.7. The third-order valence-electron chi connectivity index (χ3n) is 3.63. The quantitative estimate of drug-likeness (QED) is 0.349. The van der Waals surface area contributed by atoms with Gasteiger partial charge in [-0.1, -0.05) is 97.8 Å². The van der Waals surface area contributed by atoms with Gasteiger partial charge < -0.3 is 4.79 Å². The van der Waals surface area contributed by atoms with Crippen LogP contribution in [0.15, 0.2) is 0 Å². The molecule has 0 atom stereocenters. The van der Waals surface area contributed by atoms with Crippen LogP contribution in [-0.4, -0.2) is 5.78 Å². The van der Waals surface area contributed by atoms with E-state index >= 15 is 0 Å². The first kappa shape index (κ1) is 26.6. The Labute approximate surface area is 157 Å². The van der Waals surface area contributed by atoms with Crippen LogP contribution in [0.5, 0.6) is 0 Å². The molecule has 0 N–H and O–H groups in total. The molecular weight excluding hydrogens is 267 g/mol. The molecule has 122 valence electrons. The Hall–Kier alpha value is 0.670. The number of carbonyl (C=O) groups excluding carboxylic acids is 1. The summed E-state index contributed by atoms with van der Waals surface area (Å²) in [5.41, 5.74) is 0. The predicted octanol–water partition coefficient (Wildman–Crippen LogP) is 4.09. The molecule has 0 bridgehead atoms. The minimum atomic E-state index is 0. The molecule has 0 aliphatic rings. The van der Waals surface area contributed by atoms with E-state index in [0.29, 0.717) is 5.78 Å². The SMILES string of the molecule is CC.CCCCCCCCCCCCCCCC(C)=O.[Na+]. The molecule has 0 rings (SSSR count). The van der Waals surface area contributed by atoms with Gasteiger partial charge in [-0.2, -0.15) is 0 Å². The predicted molar refractivity (Wildman–Crippen MR) is 92.3 cm³/mol. The monoisotopic (exact) mass is 307 g/mol. The van der Waals surface area contributed by atoms with Crippen molar-refractivity contribution in [3.8, 4) is 0 Å². The van der Waals surface area contributed by atoms with Crippen molar-refractivity contribution >= 4 is 5.78 Å². The van der Waals surface area contributed by atoms with Crippen LogP contribution in [0.4, 0.5) is 0 Å². The van der Waals surface area contributed by atoms with Crippen LogP contribution >= 0.6 is 0 Å². The van der Waals surface area contributed by atoms with Crippen molar-refractivity contribution in [3.63, 3.8) is 0 Å². The first-order chi connectivity index (χ1) is 9.77. The molecule has 0 unspecified atom stereocenters. The standard InChI is InChI=1S/C17H34O.C2H6.Na/c1-3-4-5-6-7-8-9-10-11-12-13-14-15-16-17(2)18;1-2;/h3-16H2,1-2H3;1-2H3;/q;;+1. The van der Waals surface area contributed by atoms with Gasteiger partial charge in [-0.25, -0.2) is 0 Å². The molecule has 0 aliphatic carbocycles. The summed E-state index contributed by atoms with van der Waals surface area (Å²) in [6, 6.07) is 0. The van der Waals surface area contributed by atoms with Crippen molar-refractivity contribution in [1.82, 2.24) is 0 Å². The fourth-order valence-corrected chi connectivity index (χ4v) is 2.39. The van der Waals surface area contributed by atoms with E-state index in [-0.39, 0.29) is 29.6 Å². The minimum absolute atomic E-state index is 0. The van der Waals surface area contributed by atoms with Crippen LogP contribution in [-0.2, 0) is 4.79 Å². The Balaban J connectivity index is -0.00000103. The van der Waals surface area contributed by atoms with Crippen LogP contribution in [0.3, 0.4) is 0 Å². The molecule has 1 nitrogen and oxygen atoms in total. The second-order valence-electron chi connectivity index (χ2n) is 5.69. The maximum absolute atomic E-state index is 10.7. The molecule has 0 saturated heterocycles. The van der Waals surface area contributed by atoms with Gasteiger partial charge in [0.1, 0.15) is 5.78 Å².